The largest absolute Gasteiger partial charge is 0.309 e. The second-order valence-corrected chi connectivity index (χ2v) is 15.5. The Hall–Kier alpha value is -8.48. The molecule has 0 radical (unpaired) electrons. The lowest BCUT2D eigenvalue weighted by atomic mass is 9.96. The Morgan fingerprint density at radius 2 is 0.839 bits per heavy atom. The highest BCUT2D eigenvalue weighted by molar-refractivity contribution is 6.11. The Balaban J connectivity index is 1.02. The minimum Gasteiger partial charge on any atom is -0.309 e. The Labute approximate surface area is 357 Å². The monoisotopic (exact) mass is 792 g/mol. The molecule has 0 atom stereocenters. The number of aromatic nitrogens is 6. The number of benzene rings is 8. The van der Waals surface area contributed by atoms with Gasteiger partial charge in [-0.05, 0) is 53.4 Å². The molecule has 8 aromatic carbocycles. The molecule has 0 saturated heterocycles. The third kappa shape index (κ3) is 5.96. The second kappa shape index (κ2) is 14.7. The van der Waals surface area contributed by atoms with Gasteiger partial charge in [0.25, 0.3) is 0 Å². The van der Waals surface area contributed by atoms with Gasteiger partial charge in [-0.3, -0.25) is 0 Å². The zero-order chi connectivity index (χ0) is 41.0. The van der Waals surface area contributed by atoms with Gasteiger partial charge < -0.3 is 4.57 Å². The van der Waals surface area contributed by atoms with E-state index < -0.39 is 0 Å². The van der Waals surface area contributed by atoms with Crippen LogP contribution in [0.1, 0.15) is 0 Å². The van der Waals surface area contributed by atoms with Crippen molar-refractivity contribution in [1.29, 1.82) is 0 Å². The van der Waals surface area contributed by atoms with Crippen LogP contribution < -0.4 is 0 Å². The summed E-state index contributed by atoms with van der Waals surface area (Å²) in [6, 6.07) is 76.2. The van der Waals surface area contributed by atoms with Gasteiger partial charge in [0.1, 0.15) is 5.69 Å². The molecule has 0 fully saturated rings. The SMILES string of the molecule is c1ccc(-c2nc(-c3ccc(-c4nn5c(-c6ccccc6)cc6ccccc6c5c4-c4ccccc4)cc3)nc(-c3ccc4c(c3)c3ccccc3n4-c3ccccc3)n2)cc1. The van der Waals surface area contributed by atoms with E-state index in [1.807, 2.05) is 30.3 Å². The molecule has 12 rings (SSSR count). The van der Waals surface area contributed by atoms with Crippen LogP contribution in [0.15, 0.2) is 218 Å². The van der Waals surface area contributed by atoms with Gasteiger partial charge in [0.15, 0.2) is 17.5 Å². The van der Waals surface area contributed by atoms with Crippen molar-refractivity contribution in [3.63, 3.8) is 0 Å². The highest BCUT2D eigenvalue weighted by atomic mass is 15.2. The summed E-state index contributed by atoms with van der Waals surface area (Å²) < 4.78 is 4.45. The zero-order valence-electron chi connectivity index (χ0n) is 33.5. The first kappa shape index (κ1) is 35.5. The first-order chi connectivity index (χ1) is 30.7. The van der Waals surface area contributed by atoms with Crippen LogP contribution in [0.2, 0.25) is 0 Å². The molecular formula is C56H36N6. The van der Waals surface area contributed by atoms with E-state index in [-0.39, 0.29) is 0 Å². The second-order valence-electron chi connectivity index (χ2n) is 15.5. The summed E-state index contributed by atoms with van der Waals surface area (Å²) in [6.07, 6.45) is 0. The van der Waals surface area contributed by atoms with E-state index in [9.17, 15) is 0 Å². The molecule has 0 N–H and O–H groups in total. The van der Waals surface area contributed by atoms with Gasteiger partial charge in [-0.25, -0.2) is 19.5 Å². The summed E-state index contributed by atoms with van der Waals surface area (Å²) >= 11 is 0. The van der Waals surface area contributed by atoms with E-state index >= 15 is 0 Å². The molecule has 4 heterocycles. The molecule has 6 nitrogen and oxygen atoms in total. The van der Waals surface area contributed by atoms with E-state index in [0.717, 1.165) is 83.3 Å². The standard InChI is InChI=1S/C56H36N6/c1-5-17-37(18-6-1)50-36-42-23-13-14-26-45(42)53-51(38-19-7-2-8-20-38)52(60-62(50)53)39-29-31-41(32-30-39)55-57-54(40-21-9-3-10-22-40)58-56(59-55)43-33-34-49-47(35-43)46-27-15-16-28-48(46)61(49)44-24-11-4-12-25-44/h1-36H. The Morgan fingerprint density at radius 1 is 0.339 bits per heavy atom. The van der Waals surface area contributed by atoms with E-state index in [2.05, 4.69) is 197 Å². The zero-order valence-corrected chi connectivity index (χ0v) is 33.5. The van der Waals surface area contributed by atoms with E-state index in [4.69, 9.17) is 20.1 Å². The molecule has 0 aliphatic carbocycles. The molecule has 290 valence electrons. The molecule has 0 spiro atoms. The van der Waals surface area contributed by atoms with E-state index in [0.29, 0.717) is 17.5 Å². The number of nitrogens with zero attached hydrogens (tertiary/aromatic N) is 6. The van der Waals surface area contributed by atoms with Gasteiger partial charge in [-0.1, -0.05) is 176 Å². The predicted molar refractivity (Wildman–Crippen MR) is 253 cm³/mol. The van der Waals surface area contributed by atoms with Crippen LogP contribution in [0, 0.1) is 0 Å². The number of fused-ring (bicyclic) bond motifs is 6. The van der Waals surface area contributed by atoms with Crippen molar-refractivity contribution in [2.75, 3.05) is 0 Å². The van der Waals surface area contributed by atoms with Gasteiger partial charge >= 0.3 is 0 Å². The third-order valence-electron chi connectivity index (χ3n) is 11.8. The third-order valence-corrected chi connectivity index (χ3v) is 11.8. The molecule has 62 heavy (non-hydrogen) atoms. The van der Waals surface area contributed by atoms with Gasteiger partial charge in [-0.2, -0.15) is 5.10 Å². The smallest absolute Gasteiger partial charge is 0.164 e. The maximum Gasteiger partial charge on any atom is 0.164 e. The molecular weight excluding hydrogens is 757 g/mol. The Kier molecular flexibility index (Phi) is 8.38. The average Bonchev–Trinajstić information content (AvgIpc) is 3.92. The Bertz CT molecular complexity index is 3600. The fourth-order valence-corrected chi connectivity index (χ4v) is 8.88. The van der Waals surface area contributed by atoms with Crippen molar-refractivity contribution in [3.05, 3.63) is 218 Å². The van der Waals surface area contributed by atoms with Gasteiger partial charge in [0.05, 0.1) is 22.2 Å². The Morgan fingerprint density at radius 3 is 1.53 bits per heavy atom. The molecule has 0 unspecified atom stereocenters. The van der Waals surface area contributed by atoms with Crippen molar-refractivity contribution in [2.24, 2.45) is 0 Å². The minimum atomic E-state index is 0.600. The maximum atomic E-state index is 5.44. The minimum absolute atomic E-state index is 0.600. The first-order valence-electron chi connectivity index (χ1n) is 20.8. The molecule has 12 aromatic rings. The lowest BCUT2D eigenvalue weighted by Crippen LogP contribution is -2.00. The highest BCUT2D eigenvalue weighted by Gasteiger charge is 2.22. The lowest BCUT2D eigenvalue weighted by Gasteiger charge is -2.11. The molecule has 0 aliphatic heterocycles. The molecule has 0 aliphatic rings. The number of hydrogen-bond acceptors (Lipinski definition) is 4. The normalized spacial score (nSPS) is 11.5. The van der Waals surface area contributed by atoms with Crippen LogP contribution in [-0.4, -0.2) is 29.1 Å². The quantitative estimate of drug-likeness (QED) is 0.161. The molecule has 0 amide bonds. The van der Waals surface area contributed by atoms with Gasteiger partial charge in [0.2, 0.25) is 0 Å². The number of hydrogen-bond donors (Lipinski definition) is 0. The molecule has 6 heteroatoms. The van der Waals surface area contributed by atoms with Crippen molar-refractivity contribution in [3.8, 4) is 73.5 Å². The van der Waals surface area contributed by atoms with E-state index in [1.54, 1.807) is 0 Å². The molecule has 4 aromatic heterocycles. The van der Waals surface area contributed by atoms with Crippen LogP contribution in [0.25, 0.3) is 112 Å². The summed E-state index contributed by atoms with van der Waals surface area (Å²) in [4.78, 5) is 15.4. The summed E-state index contributed by atoms with van der Waals surface area (Å²) in [5.41, 5.74) is 13.4. The van der Waals surface area contributed by atoms with Crippen molar-refractivity contribution in [2.45, 2.75) is 0 Å². The summed E-state index contributed by atoms with van der Waals surface area (Å²) in [7, 11) is 0. The highest BCUT2D eigenvalue weighted by Crippen LogP contribution is 2.41. The van der Waals surface area contributed by atoms with Crippen LogP contribution >= 0.6 is 0 Å². The van der Waals surface area contributed by atoms with Crippen LogP contribution in [0.5, 0.6) is 0 Å². The molecule has 0 saturated carbocycles. The summed E-state index contributed by atoms with van der Waals surface area (Å²) in [5, 5.41) is 10.1. The van der Waals surface area contributed by atoms with Gasteiger partial charge in [-0.15, -0.1) is 0 Å². The topological polar surface area (TPSA) is 60.9 Å². The van der Waals surface area contributed by atoms with Crippen molar-refractivity contribution < 1.29 is 0 Å². The van der Waals surface area contributed by atoms with Crippen LogP contribution in [-0.2, 0) is 0 Å². The fourth-order valence-electron chi connectivity index (χ4n) is 8.88. The van der Waals surface area contributed by atoms with E-state index in [1.165, 1.54) is 10.8 Å². The van der Waals surface area contributed by atoms with Gasteiger partial charge in [0, 0.05) is 55.2 Å². The van der Waals surface area contributed by atoms with Crippen LogP contribution in [0.3, 0.4) is 0 Å². The number of pyridine rings is 1. The summed E-state index contributed by atoms with van der Waals surface area (Å²) in [5.74, 6) is 1.83. The number of rotatable bonds is 7. The van der Waals surface area contributed by atoms with Crippen molar-refractivity contribution >= 4 is 38.1 Å². The first-order valence-corrected chi connectivity index (χ1v) is 20.8. The van der Waals surface area contributed by atoms with Crippen LogP contribution in [0.4, 0.5) is 0 Å². The lowest BCUT2D eigenvalue weighted by molar-refractivity contribution is 0.979. The molecule has 0 bridgehead atoms. The number of para-hydroxylation sites is 2. The predicted octanol–water partition coefficient (Wildman–Crippen LogP) is 13.8. The van der Waals surface area contributed by atoms with Crippen molar-refractivity contribution in [1.82, 2.24) is 29.1 Å². The average molecular weight is 793 g/mol. The maximum absolute atomic E-state index is 5.44. The summed E-state index contributed by atoms with van der Waals surface area (Å²) in [6.45, 7) is 0. The fraction of sp³-hybridized carbons (Fsp3) is 0.